The Morgan fingerprint density at radius 1 is 1.06 bits per heavy atom. The van der Waals surface area contributed by atoms with Crippen LogP contribution in [0, 0.1) is 11.3 Å². The molecule has 16 heteroatoms. The summed E-state index contributed by atoms with van der Waals surface area (Å²) in [6, 6.07) is 6.18. The van der Waals surface area contributed by atoms with Gasteiger partial charge in [0.2, 0.25) is 11.9 Å². The molecule has 3 N–H and O–H groups in total. The van der Waals surface area contributed by atoms with Crippen molar-refractivity contribution in [1.29, 1.82) is 0 Å². The second kappa shape index (κ2) is 13.9. The van der Waals surface area contributed by atoms with Gasteiger partial charge in [-0.15, -0.1) is 0 Å². The van der Waals surface area contributed by atoms with Gasteiger partial charge >= 0.3 is 12.8 Å². The molecule has 262 valence electrons. The molecule has 1 aromatic heterocycles. The second-order valence-electron chi connectivity index (χ2n) is 13.3. The van der Waals surface area contributed by atoms with Gasteiger partial charge in [-0.25, -0.2) is 4.98 Å². The number of hydrogen-bond donors (Lipinski definition) is 3. The Labute approximate surface area is 284 Å². The second-order valence-corrected chi connectivity index (χ2v) is 14.1. The topological polar surface area (TPSA) is 101 Å². The zero-order valence-corrected chi connectivity index (χ0v) is 28.3. The van der Waals surface area contributed by atoms with E-state index in [0.29, 0.717) is 38.9 Å². The lowest BCUT2D eigenvalue weighted by atomic mass is 9.85. The molecule has 2 amide bonds. The zero-order chi connectivity index (χ0) is 35.1. The highest BCUT2D eigenvalue weighted by molar-refractivity contribution is 6.39. The molecule has 0 atom stereocenters. The molecule has 1 aliphatic heterocycles. The Hall–Kier alpha value is -3.36. The minimum Gasteiger partial charge on any atom is -0.365 e. The SMILES string of the molecule is Cn1c(Nc2c(Cl)ccc(CNC(=O)C(C)(C)C)c2Cl)nc2cc(C(=O)NC3CCC(C(F)(F)F)CC3)c(N3CC(OC(F)F)C3)cc21. The van der Waals surface area contributed by atoms with Gasteiger partial charge in [-0.3, -0.25) is 9.59 Å². The molecule has 1 saturated heterocycles. The molecule has 1 aliphatic carbocycles. The minimum absolute atomic E-state index is 0.0797. The third-order valence-electron chi connectivity index (χ3n) is 8.78. The Balaban J connectivity index is 1.42. The largest absolute Gasteiger partial charge is 0.391 e. The predicted molar refractivity (Wildman–Crippen MR) is 174 cm³/mol. The zero-order valence-electron chi connectivity index (χ0n) is 26.8. The molecule has 0 radical (unpaired) electrons. The van der Waals surface area contributed by atoms with Gasteiger partial charge in [0.15, 0.2) is 0 Å². The van der Waals surface area contributed by atoms with Crippen molar-refractivity contribution in [3.05, 3.63) is 45.4 Å². The molecular weight excluding hydrogens is 682 g/mol. The first-order chi connectivity index (χ1) is 22.4. The summed E-state index contributed by atoms with van der Waals surface area (Å²) in [4.78, 5) is 32.4. The van der Waals surface area contributed by atoms with Gasteiger partial charge in [0, 0.05) is 38.1 Å². The number of aryl methyl sites for hydroxylation is 1. The van der Waals surface area contributed by atoms with Gasteiger partial charge in [-0.2, -0.15) is 22.0 Å². The molecule has 1 saturated carbocycles. The number of rotatable bonds is 9. The third-order valence-corrected chi connectivity index (χ3v) is 9.53. The van der Waals surface area contributed by atoms with E-state index in [-0.39, 0.29) is 61.8 Å². The van der Waals surface area contributed by atoms with Crippen LogP contribution in [0.5, 0.6) is 0 Å². The maximum absolute atomic E-state index is 13.6. The lowest BCUT2D eigenvalue weighted by Crippen LogP contribution is -2.53. The predicted octanol–water partition coefficient (Wildman–Crippen LogP) is 7.56. The molecule has 2 aromatic carbocycles. The van der Waals surface area contributed by atoms with Crippen LogP contribution in [0.2, 0.25) is 10.0 Å². The summed E-state index contributed by atoms with van der Waals surface area (Å²) in [5.41, 5.74) is 2.02. The number of hydrogen-bond acceptors (Lipinski definition) is 6. The van der Waals surface area contributed by atoms with Gasteiger partial charge in [0.1, 0.15) is 0 Å². The smallest absolute Gasteiger partial charge is 0.365 e. The maximum Gasteiger partial charge on any atom is 0.391 e. The highest BCUT2D eigenvalue weighted by Gasteiger charge is 2.42. The third kappa shape index (κ3) is 7.92. The van der Waals surface area contributed by atoms with Gasteiger partial charge in [-0.1, -0.05) is 50.0 Å². The lowest BCUT2D eigenvalue weighted by Gasteiger charge is -2.41. The molecule has 0 spiro atoms. The summed E-state index contributed by atoms with van der Waals surface area (Å²) in [7, 11) is 1.73. The van der Waals surface area contributed by atoms with E-state index in [1.165, 1.54) is 0 Å². The summed E-state index contributed by atoms with van der Waals surface area (Å²) >= 11 is 13.2. The van der Waals surface area contributed by atoms with Crippen LogP contribution in [0.1, 0.15) is 62.4 Å². The standard InChI is InChI=1S/C32H37Cl2F5N6O3/c1-31(2,3)28(47)40-13-16-5-10-21(33)26(25(16)34)43-30-42-22-11-20(27(46)41-18-8-6-17(7-9-18)32(37,38)39)23(12-24(22)44(30)4)45-14-19(15-45)48-29(35)36/h5,10-12,17-19,29H,6-9,13-15H2,1-4H3,(H,40,47)(H,41,46)(H,42,43). The molecule has 2 fully saturated rings. The van der Waals surface area contributed by atoms with Crippen LogP contribution >= 0.6 is 23.2 Å². The first-order valence-electron chi connectivity index (χ1n) is 15.5. The number of anilines is 3. The Bertz CT molecular complexity index is 1680. The van der Waals surface area contributed by atoms with Gasteiger partial charge in [0.05, 0.1) is 50.0 Å². The van der Waals surface area contributed by atoms with E-state index >= 15 is 0 Å². The van der Waals surface area contributed by atoms with Crippen LogP contribution in [-0.2, 0) is 23.1 Å². The molecule has 0 bridgehead atoms. The van der Waals surface area contributed by atoms with Crippen molar-refractivity contribution in [1.82, 2.24) is 20.2 Å². The summed E-state index contributed by atoms with van der Waals surface area (Å²) < 4.78 is 71.5. The van der Waals surface area contributed by atoms with Crippen molar-refractivity contribution in [3.63, 3.8) is 0 Å². The molecule has 2 aliphatic rings. The first-order valence-corrected chi connectivity index (χ1v) is 16.3. The Morgan fingerprint density at radius 2 is 1.73 bits per heavy atom. The summed E-state index contributed by atoms with van der Waals surface area (Å²) in [5, 5.41) is 9.46. The van der Waals surface area contributed by atoms with E-state index in [1.807, 2.05) is 0 Å². The number of aromatic nitrogens is 2. The van der Waals surface area contributed by atoms with E-state index in [9.17, 15) is 31.5 Å². The molecule has 2 heterocycles. The summed E-state index contributed by atoms with van der Waals surface area (Å²) in [6.45, 7) is 2.84. The normalized spacial score (nSPS) is 19.0. The number of carbonyl (C=O) groups excluding carboxylic acids is 2. The van der Waals surface area contributed by atoms with Crippen LogP contribution in [0.15, 0.2) is 24.3 Å². The number of carbonyl (C=O) groups is 2. The van der Waals surface area contributed by atoms with Gasteiger partial charge in [0.25, 0.3) is 5.91 Å². The quantitative estimate of drug-likeness (QED) is 0.198. The molecule has 9 nitrogen and oxygen atoms in total. The number of imidazole rings is 1. The van der Waals surface area contributed by atoms with Crippen LogP contribution in [-0.4, -0.2) is 59.4 Å². The van der Waals surface area contributed by atoms with E-state index in [1.54, 1.807) is 61.6 Å². The minimum atomic E-state index is -4.27. The number of ether oxygens (including phenoxy) is 1. The van der Waals surface area contributed by atoms with Crippen molar-refractivity contribution >= 4 is 63.4 Å². The van der Waals surface area contributed by atoms with Crippen LogP contribution in [0.4, 0.5) is 39.3 Å². The van der Waals surface area contributed by atoms with Crippen molar-refractivity contribution in [2.75, 3.05) is 23.3 Å². The number of halogens is 7. The Morgan fingerprint density at radius 3 is 2.33 bits per heavy atom. The first kappa shape index (κ1) is 35.9. The van der Waals surface area contributed by atoms with Crippen LogP contribution < -0.4 is 20.9 Å². The fourth-order valence-corrected chi connectivity index (χ4v) is 6.41. The number of nitrogens with zero attached hydrogens (tertiary/aromatic N) is 3. The highest BCUT2D eigenvalue weighted by atomic mass is 35.5. The fraction of sp³-hybridized carbons (Fsp3) is 0.531. The van der Waals surface area contributed by atoms with E-state index in [0.717, 1.165) is 0 Å². The molecule has 48 heavy (non-hydrogen) atoms. The van der Waals surface area contributed by atoms with Crippen molar-refractivity contribution in [2.45, 2.75) is 77.9 Å². The number of alkyl halides is 5. The van der Waals surface area contributed by atoms with Gasteiger partial charge < -0.3 is 30.2 Å². The van der Waals surface area contributed by atoms with Gasteiger partial charge in [-0.05, 0) is 49.4 Å². The summed E-state index contributed by atoms with van der Waals surface area (Å²) in [6.07, 6.45) is -4.81. The molecule has 3 aromatic rings. The maximum atomic E-state index is 13.6. The number of nitrogens with one attached hydrogen (secondary N) is 3. The average molecular weight is 720 g/mol. The Kier molecular flexibility index (Phi) is 10.4. The fourth-order valence-electron chi connectivity index (χ4n) is 5.88. The van der Waals surface area contributed by atoms with Crippen LogP contribution in [0.3, 0.4) is 0 Å². The molecule has 5 rings (SSSR count). The average Bonchev–Trinajstić information content (AvgIpc) is 3.28. The van der Waals surface area contributed by atoms with E-state index in [2.05, 4.69) is 25.7 Å². The molecular formula is C32H37Cl2F5N6O3. The van der Waals surface area contributed by atoms with E-state index in [4.69, 9.17) is 23.2 Å². The van der Waals surface area contributed by atoms with Crippen LogP contribution in [0.25, 0.3) is 11.0 Å². The van der Waals surface area contributed by atoms with Crippen molar-refractivity contribution in [3.8, 4) is 0 Å². The van der Waals surface area contributed by atoms with E-state index < -0.39 is 42.2 Å². The van der Waals surface area contributed by atoms with Crippen molar-refractivity contribution in [2.24, 2.45) is 18.4 Å². The monoisotopic (exact) mass is 718 g/mol. The number of amides is 2. The van der Waals surface area contributed by atoms with Crippen molar-refractivity contribution < 1.29 is 36.3 Å². The number of benzene rings is 2. The summed E-state index contributed by atoms with van der Waals surface area (Å²) in [5.74, 6) is -1.73. The molecule has 0 unspecified atom stereocenters. The highest BCUT2D eigenvalue weighted by Crippen LogP contribution is 2.39. The lowest BCUT2D eigenvalue weighted by molar-refractivity contribution is -0.182. The number of fused-ring (bicyclic) bond motifs is 1.